The molecule has 0 radical (unpaired) electrons. The monoisotopic (exact) mass is 343 g/mol. The van der Waals surface area contributed by atoms with Gasteiger partial charge in [-0.3, -0.25) is 0 Å². The first-order valence-electron chi connectivity index (χ1n) is 5.28. The molecule has 1 saturated heterocycles. The number of rotatable bonds is 3. The summed E-state index contributed by atoms with van der Waals surface area (Å²) in [5.74, 6) is 1.46. The Kier molecular flexibility index (Phi) is 2.78. The molecular weight excluding hydrogens is 331 g/mol. The van der Waals surface area contributed by atoms with Gasteiger partial charge in [0.25, 0.3) is 0 Å². The van der Waals surface area contributed by atoms with Gasteiger partial charge < -0.3 is 0 Å². The molecule has 1 fully saturated rings. The minimum atomic E-state index is 0.332. The first-order chi connectivity index (χ1) is 8.33. The van der Waals surface area contributed by atoms with Crippen LogP contribution in [0.15, 0.2) is 18.5 Å². The molecule has 1 aromatic carbocycles. The Morgan fingerprint density at radius 1 is 1.18 bits per heavy atom. The third kappa shape index (κ3) is 1.92. The van der Waals surface area contributed by atoms with E-state index in [9.17, 15) is 0 Å². The molecule has 2 heterocycles. The molecule has 90 valence electrons. The summed E-state index contributed by atoms with van der Waals surface area (Å²) in [7, 11) is 3.29. The van der Waals surface area contributed by atoms with Crippen LogP contribution in [-0.2, 0) is 0 Å². The van der Waals surface area contributed by atoms with E-state index in [4.69, 9.17) is 9.47 Å². The van der Waals surface area contributed by atoms with Crippen molar-refractivity contribution < 1.29 is 30.7 Å². The third-order valence-electron chi connectivity index (χ3n) is 2.78. The number of fused-ring (bicyclic) bond motifs is 1. The molecule has 1 aliphatic heterocycles. The Morgan fingerprint density at radius 3 is 2.53 bits per heavy atom. The number of benzene rings is 1. The van der Waals surface area contributed by atoms with Crippen molar-refractivity contribution in [3.05, 3.63) is 24.2 Å². The van der Waals surface area contributed by atoms with Gasteiger partial charge in [0.15, 0.2) is 0 Å². The van der Waals surface area contributed by atoms with E-state index < -0.39 is 0 Å². The second kappa shape index (κ2) is 4.29. The Bertz CT molecular complexity index is 570. The number of alkyl halides is 2. The fourth-order valence-corrected chi connectivity index (χ4v) is 3.43. The summed E-state index contributed by atoms with van der Waals surface area (Å²) in [6.07, 6.45) is 1.64. The summed E-state index contributed by atoms with van der Waals surface area (Å²) in [6.45, 7) is 0. The van der Waals surface area contributed by atoms with E-state index in [-0.39, 0.29) is 0 Å². The average Bonchev–Trinajstić information content (AvgIpc) is 3.20. The van der Waals surface area contributed by atoms with Crippen molar-refractivity contribution in [3.63, 3.8) is 0 Å². The second-order valence-corrected chi connectivity index (χ2v) is 7.02. The van der Waals surface area contributed by atoms with Gasteiger partial charge in [-0.1, -0.05) is 0 Å². The maximum absolute atomic E-state index is 5.33. The van der Waals surface area contributed by atoms with Gasteiger partial charge in [0.2, 0.25) is 0 Å². The van der Waals surface area contributed by atoms with Crippen LogP contribution in [0.4, 0.5) is 0 Å². The zero-order valence-electron chi connectivity index (χ0n) is 9.61. The molecule has 4 nitrogen and oxygen atoms in total. The van der Waals surface area contributed by atoms with E-state index in [0.717, 1.165) is 22.4 Å². The van der Waals surface area contributed by atoms with Crippen LogP contribution < -0.4 is 30.7 Å². The minimum absolute atomic E-state index is 0.332. The summed E-state index contributed by atoms with van der Waals surface area (Å²) in [5.41, 5.74) is 2.12. The molecule has 0 aliphatic carbocycles. The van der Waals surface area contributed by atoms with E-state index in [0.29, 0.717) is 25.1 Å². The average molecular weight is 343 g/mol. The van der Waals surface area contributed by atoms with Crippen LogP contribution in [0.2, 0.25) is 0 Å². The molecule has 1 unspecified atom stereocenters. The molecule has 17 heavy (non-hydrogen) atoms. The summed E-state index contributed by atoms with van der Waals surface area (Å²) in [5, 5.41) is 1.10. The van der Waals surface area contributed by atoms with Crippen LogP contribution in [0.1, 0.15) is 9.62 Å². The number of hydrogen-bond acceptors (Lipinski definition) is 4. The first-order valence-corrected chi connectivity index (χ1v) is 8.05. The van der Waals surface area contributed by atoms with Gasteiger partial charge in [0.05, 0.1) is 0 Å². The molecule has 1 atom stereocenters. The maximum atomic E-state index is 5.33. The number of methoxy groups -OCH3 is 2. The second-order valence-electron chi connectivity index (χ2n) is 3.76. The van der Waals surface area contributed by atoms with Crippen molar-refractivity contribution >= 4 is 10.9 Å². The molecule has 5 heteroatoms. The Morgan fingerprint density at radius 2 is 1.88 bits per heavy atom. The van der Waals surface area contributed by atoms with Gasteiger partial charge in [-0.15, -0.1) is 0 Å². The Hall–Kier alpha value is -1.11. The number of aromatic nitrogens is 2. The molecule has 2 aromatic rings. The molecule has 0 saturated carbocycles. The fourth-order valence-electron chi connectivity index (χ4n) is 1.84. The summed E-state index contributed by atoms with van der Waals surface area (Å²) in [4.78, 5) is 8.72. The van der Waals surface area contributed by atoms with E-state index >= 15 is 0 Å². The molecule has 0 N–H and O–H groups in total. The van der Waals surface area contributed by atoms with Crippen LogP contribution in [0.25, 0.3) is 10.9 Å². The van der Waals surface area contributed by atoms with Crippen molar-refractivity contribution in [3.8, 4) is 11.5 Å². The van der Waals surface area contributed by atoms with Gasteiger partial charge in [-0.25, -0.2) is 0 Å². The van der Waals surface area contributed by atoms with Crippen LogP contribution in [0, 0.1) is 0 Å². The molecule has 0 bridgehead atoms. The predicted molar refractivity (Wildman–Crippen MR) is 60.3 cm³/mol. The Balaban J connectivity index is 2.25. The topological polar surface area (TPSA) is 44.2 Å². The number of nitrogens with zero attached hydrogens (tertiary/aromatic N) is 2. The summed E-state index contributed by atoms with van der Waals surface area (Å²) >= 11 is 0.332. The van der Waals surface area contributed by atoms with Crippen LogP contribution in [-0.4, -0.2) is 28.6 Å². The van der Waals surface area contributed by atoms with Crippen LogP contribution in [0.5, 0.6) is 11.5 Å². The SMILES string of the molecule is COc1cc2ncnc(C3C[I-]3)c2cc1OC. The quantitative estimate of drug-likeness (QED) is 0.518. The van der Waals surface area contributed by atoms with Gasteiger partial charge in [0, 0.05) is 0 Å². The third-order valence-corrected chi connectivity index (χ3v) is 5.13. The molecule has 3 rings (SSSR count). The molecular formula is C12H12IN2O2-. The van der Waals surface area contributed by atoms with Gasteiger partial charge in [0.1, 0.15) is 0 Å². The zero-order chi connectivity index (χ0) is 11.8. The standard InChI is InChI=1S/C12H12IN2O2/c1-16-10-3-7-9(4-11(10)17-2)14-6-15-12(7)8-5-13-8/h3-4,6,8H,5H2,1-2H3/q-1. The van der Waals surface area contributed by atoms with E-state index in [2.05, 4.69) is 9.97 Å². The molecule has 0 amide bonds. The zero-order valence-corrected chi connectivity index (χ0v) is 11.8. The van der Waals surface area contributed by atoms with Gasteiger partial charge in [-0.05, 0) is 0 Å². The predicted octanol–water partition coefficient (Wildman–Crippen LogP) is -1.21. The normalized spacial score (nSPS) is 18.6. The molecule has 1 aliphatic rings. The number of halogens is 1. The number of hydrogen-bond donors (Lipinski definition) is 0. The van der Waals surface area contributed by atoms with E-state index in [1.165, 1.54) is 10.1 Å². The van der Waals surface area contributed by atoms with Crippen LogP contribution >= 0.6 is 0 Å². The summed E-state index contributed by atoms with van der Waals surface area (Å²) < 4.78 is 12.6. The number of ether oxygens (including phenoxy) is 2. The van der Waals surface area contributed by atoms with E-state index in [1.54, 1.807) is 20.5 Å². The van der Waals surface area contributed by atoms with Crippen molar-refractivity contribution in [2.45, 2.75) is 3.92 Å². The van der Waals surface area contributed by atoms with Gasteiger partial charge >= 0.3 is 110 Å². The van der Waals surface area contributed by atoms with Crippen molar-refractivity contribution in [1.82, 2.24) is 9.97 Å². The fraction of sp³-hybridized carbons (Fsp3) is 0.333. The van der Waals surface area contributed by atoms with Crippen LogP contribution in [0.3, 0.4) is 0 Å². The van der Waals surface area contributed by atoms with E-state index in [1.807, 2.05) is 12.1 Å². The van der Waals surface area contributed by atoms with Gasteiger partial charge in [-0.2, -0.15) is 0 Å². The van der Waals surface area contributed by atoms with Crippen molar-refractivity contribution in [1.29, 1.82) is 0 Å². The first kappa shape index (κ1) is 11.0. The molecule has 1 aromatic heterocycles. The Labute approximate surface area is 110 Å². The van der Waals surface area contributed by atoms with Crippen molar-refractivity contribution in [2.75, 3.05) is 18.6 Å². The van der Waals surface area contributed by atoms with Crippen molar-refractivity contribution in [2.24, 2.45) is 0 Å². The molecule has 0 spiro atoms. The summed E-state index contributed by atoms with van der Waals surface area (Å²) in [6, 6.07) is 3.91.